The van der Waals surface area contributed by atoms with E-state index in [1.807, 2.05) is 30.3 Å². The second-order valence-corrected chi connectivity index (χ2v) is 5.06. The highest BCUT2D eigenvalue weighted by atomic mass is 16.6. The Morgan fingerprint density at radius 3 is 2.33 bits per heavy atom. The van der Waals surface area contributed by atoms with E-state index in [0.717, 1.165) is 16.9 Å². The maximum Gasteiger partial charge on any atom is 0.269 e. The lowest BCUT2D eigenvalue weighted by atomic mass is 10.2. The first-order valence-electron chi connectivity index (χ1n) is 7.43. The number of nitro groups is 1. The first-order valence-corrected chi connectivity index (χ1v) is 7.43. The average molecular weight is 328 g/mol. The van der Waals surface area contributed by atoms with Crippen molar-refractivity contribution in [3.05, 3.63) is 69.8 Å². The van der Waals surface area contributed by atoms with Crippen LogP contribution in [0.2, 0.25) is 0 Å². The molecule has 0 aromatic heterocycles. The van der Waals surface area contributed by atoms with Gasteiger partial charge in [0.05, 0.1) is 12.0 Å². The average Bonchev–Trinajstić information content (AvgIpc) is 2.62. The normalized spacial score (nSPS) is 11.0. The van der Waals surface area contributed by atoms with Crippen LogP contribution in [0.25, 0.3) is 0 Å². The molecule has 0 amide bonds. The van der Waals surface area contributed by atoms with E-state index >= 15 is 0 Å². The molecule has 7 nitrogen and oxygen atoms in total. The minimum atomic E-state index is -0.403. The molecule has 0 radical (unpaired) electrons. The van der Waals surface area contributed by atoms with Gasteiger partial charge in [0.25, 0.3) is 5.69 Å². The highest BCUT2D eigenvalue weighted by molar-refractivity contribution is 5.79. The molecule has 2 rings (SSSR count). The number of hydrogen-bond donors (Lipinski definition) is 2. The van der Waals surface area contributed by atoms with Crippen molar-refractivity contribution in [2.24, 2.45) is 4.99 Å². The Bertz CT molecular complexity index is 731. The fourth-order valence-corrected chi connectivity index (χ4v) is 2.15. The molecule has 0 saturated heterocycles. The SMILES string of the molecule is CN=C(NCc1cccc(OC)c1)NCc1cccc([N+](=O)[O-])c1. The number of rotatable bonds is 6. The molecular formula is C17H20N4O3. The highest BCUT2D eigenvalue weighted by Crippen LogP contribution is 2.13. The summed E-state index contributed by atoms with van der Waals surface area (Å²) in [6.07, 6.45) is 0. The van der Waals surface area contributed by atoms with E-state index in [0.29, 0.717) is 19.0 Å². The monoisotopic (exact) mass is 328 g/mol. The Kier molecular flexibility index (Phi) is 6.13. The van der Waals surface area contributed by atoms with E-state index in [2.05, 4.69) is 15.6 Å². The third-order valence-corrected chi connectivity index (χ3v) is 3.40. The van der Waals surface area contributed by atoms with Crippen molar-refractivity contribution in [1.29, 1.82) is 0 Å². The van der Waals surface area contributed by atoms with Crippen molar-refractivity contribution >= 4 is 11.6 Å². The maximum absolute atomic E-state index is 10.8. The van der Waals surface area contributed by atoms with Gasteiger partial charge in [0.2, 0.25) is 0 Å². The maximum atomic E-state index is 10.8. The fourth-order valence-electron chi connectivity index (χ4n) is 2.15. The standard InChI is InChI=1S/C17H20N4O3/c1-18-17(20-12-14-6-4-8-16(10-14)24-2)19-11-13-5-3-7-15(9-13)21(22)23/h3-10H,11-12H2,1-2H3,(H2,18,19,20). The molecule has 0 aliphatic rings. The molecular weight excluding hydrogens is 308 g/mol. The van der Waals surface area contributed by atoms with Crippen LogP contribution in [0, 0.1) is 10.1 Å². The minimum Gasteiger partial charge on any atom is -0.497 e. The number of ether oxygens (including phenoxy) is 1. The molecule has 2 aromatic rings. The van der Waals surface area contributed by atoms with E-state index in [1.165, 1.54) is 6.07 Å². The van der Waals surface area contributed by atoms with Crippen molar-refractivity contribution in [2.45, 2.75) is 13.1 Å². The molecule has 0 atom stereocenters. The molecule has 0 aliphatic heterocycles. The first-order chi connectivity index (χ1) is 11.6. The Labute approximate surface area is 140 Å². The van der Waals surface area contributed by atoms with Gasteiger partial charge in [-0.3, -0.25) is 15.1 Å². The third kappa shape index (κ3) is 4.98. The van der Waals surface area contributed by atoms with Crippen molar-refractivity contribution in [2.75, 3.05) is 14.2 Å². The first kappa shape index (κ1) is 17.3. The summed E-state index contributed by atoms with van der Waals surface area (Å²) in [6, 6.07) is 14.3. The predicted molar refractivity (Wildman–Crippen MR) is 93.1 cm³/mol. The van der Waals surface area contributed by atoms with Crippen LogP contribution in [0.1, 0.15) is 11.1 Å². The lowest BCUT2D eigenvalue weighted by Crippen LogP contribution is -2.36. The van der Waals surface area contributed by atoms with Crippen molar-refractivity contribution in [1.82, 2.24) is 10.6 Å². The van der Waals surface area contributed by atoms with Crippen LogP contribution in [0.4, 0.5) is 5.69 Å². The van der Waals surface area contributed by atoms with Crippen molar-refractivity contribution in [3.8, 4) is 5.75 Å². The van der Waals surface area contributed by atoms with Gasteiger partial charge in [-0.15, -0.1) is 0 Å². The van der Waals surface area contributed by atoms with Gasteiger partial charge in [0.1, 0.15) is 5.75 Å². The van der Waals surface area contributed by atoms with E-state index in [1.54, 1.807) is 26.3 Å². The number of hydrogen-bond acceptors (Lipinski definition) is 4. The van der Waals surface area contributed by atoms with E-state index in [4.69, 9.17) is 4.74 Å². The van der Waals surface area contributed by atoms with Gasteiger partial charge >= 0.3 is 0 Å². The zero-order valence-corrected chi connectivity index (χ0v) is 13.7. The fraction of sp³-hybridized carbons (Fsp3) is 0.235. The highest BCUT2D eigenvalue weighted by Gasteiger charge is 2.06. The Balaban J connectivity index is 1.90. The number of guanidine groups is 1. The number of aliphatic imine (C=N–C) groups is 1. The number of nitrogens with zero attached hydrogens (tertiary/aromatic N) is 2. The molecule has 7 heteroatoms. The van der Waals surface area contributed by atoms with Crippen LogP contribution in [-0.2, 0) is 13.1 Å². The van der Waals surface area contributed by atoms with Crippen LogP contribution in [0.15, 0.2) is 53.5 Å². The molecule has 0 aliphatic carbocycles. The third-order valence-electron chi connectivity index (χ3n) is 3.40. The van der Waals surface area contributed by atoms with Gasteiger partial charge in [0.15, 0.2) is 5.96 Å². The second-order valence-electron chi connectivity index (χ2n) is 5.06. The molecule has 0 spiro atoms. The summed E-state index contributed by atoms with van der Waals surface area (Å²) < 4.78 is 5.20. The quantitative estimate of drug-likeness (QED) is 0.368. The second kappa shape index (κ2) is 8.52. The van der Waals surface area contributed by atoms with Crippen LogP contribution >= 0.6 is 0 Å². The topological polar surface area (TPSA) is 88.8 Å². The van der Waals surface area contributed by atoms with Crippen molar-refractivity contribution in [3.63, 3.8) is 0 Å². The van der Waals surface area contributed by atoms with Gasteiger partial charge < -0.3 is 15.4 Å². The van der Waals surface area contributed by atoms with Crippen LogP contribution < -0.4 is 15.4 Å². The summed E-state index contributed by atoms with van der Waals surface area (Å²) in [5.41, 5.74) is 1.95. The van der Waals surface area contributed by atoms with E-state index < -0.39 is 4.92 Å². The molecule has 2 N–H and O–H groups in total. The number of benzene rings is 2. The molecule has 2 aromatic carbocycles. The summed E-state index contributed by atoms with van der Waals surface area (Å²) in [5.74, 6) is 1.41. The Morgan fingerprint density at radius 2 is 1.75 bits per heavy atom. The number of nitro benzene ring substituents is 1. The van der Waals surface area contributed by atoms with E-state index in [-0.39, 0.29) is 5.69 Å². The van der Waals surface area contributed by atoms with Gasteiger partial charge in [-0.25, -0.2) is 0 Å². The Morgan fingerprint density at radius 1 is 1.12 bits per heavy atom. The Hall–Kier alpha value is -3.09. The zero-order chi connectivity index (χ0) is 17.4. The molecule has 0 unspecified atom stereocenters. The summed E-state index contributed by atoms with van der Waals surface area (Å²) in [5, 5.41) is 17.1. The minimum absolute atomic E-state index is 0.0774. The number of methoxy groups -OCH3 is 1. The molecule has 24 heavy (non-hydrogen) atoms. The summed E-state index contributed by atoms with van der Waals surface area (Å²) in [4.78, 5) is 14.5. The van der Waals surface area contributed by atoms with Gasteiger partial charge in [-0.2, -0.15) is 0 Å². The number of nitrogens with one attached hydrogen (secondary N) is 2. The number of non-ortho nitro benzene ring substituents is 1. The zero-order valence-electron chi connectivity index (χ0n) is 13.7. The summed E-state index contributed by atoms with van der Waals surface area (Å²) >= 11 is 0. The lowest BCUT2D eigenvalue weighted by molar-refractivity contribution is -0.384. The summed E-state index contributed by atoms with van der Waals surface area (Å²) in [7, 11) is 3.31. The van der Waals surface area contributed by atoms with Gasteiger partial charge in [0, 0.05) is 32.3 Å². The van der Waals surface area contributed by atoms with Crippen LogP contribution in [0.5, 0.6) is 5.75 Å². The lowest BCUT2D eigenvalue weighted by Gasteiger charge is -2.12. The smallest absolute Gasteiger partial charge is 0.269 e. The predicted octanol–water partition coefficient (Wildman–Crippen LogP) is 2.47. The molecule has 0 fully saturated rings. The summed E-state index contributed by atoms with van der Waals surface area (Å²) in [6.45, 7) is 1.03. The molecule has 126 valence electrons. The van der Waals surface area contributed by atoms with Gasteiger partial charge in [-0.05, 0) is 23.3 Å². The van der Waals surface area contributed by atoms with Gasteiger partial charge in [-0.1, -0.05) is 24.3 Å². The molecule has 0 saturated carbocycles. The van der Waals surface area contributed by atoms with Crippen molar-refractivity contribution < 1.29 is 9.66 Å². The molecule has 0 heterocycles. The van der Waals surface area contributed by atoms with Crippen LogP contribution in [-0.4, -0.2) is 25.0 Å². The largest absolute Gasteiger partial charge is 0.497 e. The van der Waals surface area contributed by atoms with E-state index in [9.17, 15) is 10.1 Å². The van der Waals surface area contributed by atoms with Crippen LogP contribution in [0.3, 0.4) is 0 Å². The molecule has 0 bridgehead atoms.